The third-order valence-electron chi connectivity index (χ3n) is 6.13. The van der Waals surface area contributed by atoms with Crippen molar-refractivity contribution in [1.82, 2.24) is 14.5 Å². The number of hydrogen-bond acceptors (Lipinski definition) is 7. The van der Waals surface area contributed by atoms with Gasteiger partial charge in [-0.3, -0.25) is 14.8 Å². The summed E-state index contributed by atoms with van der Waals surface area (Å²) in [5.41, 5.74) is 4.55. The van der Waals surface area contributed by atoms with Crippen LogP contribution in [0.3, 0.4) is 0 Å². The van der Waals surface area contributed by atoms with Crippen LogP contribution in [0, 0.1) is 0 Å². The number of nitrogens with zero attached hydrogens (tertiary/aromatic N) is 4. The number of hydrogen-bond donors (Lipinski definition) is 2. The number of phenols is 1. The lowest BCUT2D eigenvalue weighted by Gasteiger charge is -2.26. The molecule has 4 aromatic rings. The van der Waals surface area contributed by atoms with Crippen LogP contribution in [0.5, 0.6) is 11.5 Å². The molecule has 0 aliphatic carbocycles. The van der Waals surface area contributed by atoms with Gasteiger partial charge < -0.3 is 9.84 Å². The summed E-state index contributed by atoms with van der Waals surface area (Å²) >= 11 is 0. The Hall–Kier alpha value is -4.41. The van der Waals surface area contributed by atoms with E-state index >= 15 is 0 Å². The highest BCUT2D eigenvalue weighted by Crippen LogP contribution is 2.37. The average molecular weight is 554 g/mol. The first-order valence-electron chi connectivity index (χ1n) is 12.5. The van der Waals surface area contributed by atoms with Crippen LogP contribution in [-0.4, -0.2) is 32.2 Å². The molecule has 0 spiro atoms. The Morgan fingerprint density at radius 1 is 1.00 bits per heavy atom. The lowest BCUT2D eigenvalue weighted by molar-refractivity contribution is -0.274. The van der Waals surface area contributed by atoms with Crippen molar-refractivity contribution in [2.75, 3.05) is 5.43 Å². The SMILES string of the molecule is CC(C)(C)c1cc(/C=N/Nc2nc3cccnc3n(-c3ccc(OC(F)(F)F)cc3)c2=O)c(O)c(C(C)(C)C)c1. The van der Waals surface area contributed by atoms with Gasteiger partial charge in [0.2, 0.25) is 5.82 Å². The van der Waals surface area contributed by atoms with Crippen molar-refractivity contribution in [3.63, 3.8) is 0 Å². The first-order chi connectivity index (χ1) is 18.5. The highest BCUT2D eigenvalue weighted by Gasteiger charge is 2.31. The number of hydrazone groups is 1. The summed E-state index contributed by atoms with van der Waals surface area (Å²) in [4.78, 5) is 22.0. The van der Waals surface area contributed by atoms with Gasteiger partial charge in [-0.05, 0) is 58.9 Å². The maximum absolute atomic E-state index is 13.4. The topological polar surface area (TPSA) is 102 Å². The van der Waals surface area contributed by atoms with Gasteiger partial charge in [-0.1, -0.05) is 47.6 Å². The molecule has 210 valence electrons. The number of anilines is 1. The number of ether oxygens (including phenoxy) is 1. The van der Waals surface area contributed by atoms with E-state index in [2.05, 4.69) is 46.0 Å². The van der Waals surface area contributed by atoms with E-state index in [1.165, 1.54) is 29.1 Å². The van der Waals surface area contributed by atoms with Gasteiger partial charge in [0.1, 0.15) is 17.0 Å². The van der Waals surface area contributed by atoms with E-state index in [-0.39, 0.29) is 33.7 Å². The normalized spacial score (nSPS) is 12.7. The minimum atomic E-state index is -4.84. The van der Waals surface area contributed by atoms with Crippen LogP contribution in [0.4, 0.5) is 19.0 Å². The maximum Gasteiger partial charge on any atom is 0.573 e. The van der Waals surface area contributed by atoms with Gasteiger partial charge in [0.15, 0.2) is 5.65 Å². The second-order valence-electron chi connectivity index (χ2n) is 11.3. The second kappa shape index (κ2) is 10.3. The van der Waals surface area contributed by atoms with Crippen molar-refractivity contribution in [2.45, 2.75) is 58.7 Å². The zero-order valence-electron chi connectivity index (χ0n) is 23.0. The molecule has 0 bridgehead atoms. The Kier molecular flexibility index (Phi) is 7.35. The molecule has 11 heteroatoms. The predicted octanol–water partition coefficient (Wildman–Crippen LogP) is 6.43. The quantitative estimate of drug-likeness (QED) is 0.218. The number of alkyl halides is 3. The molecule has 0 saturated heterocycles. The van der Waals surface area contributed by atoms with E-state index in [1.807, 2.05) is 32.9 Å². The Morgan fingerprint density at radius 2 is 1.68 bits per heavy atom. The molecular weight excluding hydrogens is 523 g/mol. The molecule has 0 amide bonds. The zero-order chi connectivity index (χ0) is 29.5. The van der Waals surface area contributed by atoms with Crippen molar-refractivity contribution < 1.29 is 23.0 Å². The number of pyridine rings is 1. The van der Waals surface area contributed by atoms with E-state index in [9.17, 15) is 23.1 Å². The molecule has 40 heavy (non-hydrogen) atoms. The molecule has 2 aromatic heterocycles. The summed E-state index contributed by atoms with van der Waals surface area (Å²) < 4.78 is 42.9. The van der Waals surface area contributed by atoms with Crippen molar-refractivity contribution in [2.24, 2.45) is 5.10 Å². The monoisotopic (exact) mass is 553 g/mol. The van der Waals surface area contributed by atoms with Crippen molar-refractivity contribution >= 4 is 23.2 Å². The third kappa shape index (κ3) is 6.24. The van der Waals surface area contributed by atoms with E-state index < -0.39 is 17.7 Å². The first kappa shape index (κ1) is 28.6. The van der Waals surface area contributed by atoms with Gasteiger partial charge in [-0.25, -0.2) is 9.97 Å². The van der Waals surface area contributed by atoms with Crippen LogP contribution in [0.2, 0.25) is 0 Å². The zero-order valence-corrected chi connectivity index (χ0v) is 23.0. The second-order valence-corrected chi connectivity index (χ2v) is 11.3. The van der Waals surface area contributed by atoms with E-state index in [0.29, 0.717) is 11.1 Å². The number of fused-ring (bicyclic) bond motifs is 1. The first-order valence-corrected chi connectivity index (χ1v) is 12.5. The van der Waals surface area contributed by atoms with Crippen LogP contribution in [0.25, 0.3) is 16.9 Å². The highest BCUT2D eigenvalue weighted by molar-refractivity contribution is 5.85. The fourth-order valence-electron chi connectivity index (χ4n) is 4.05. The Morgan fingerprint density at radius 3 is 2.27 bits per heavy atom. The van der Waals surface area contributed by atoms with Crippen LogP contribution >= 0.6 is 0 Å². The molecule has 2 N–H and O–H groups in total. The van der Waals surface area contributed by atoms with Crippen molar-refractivity contribution in [1.29, 1.82) is 0 Å². The molecule has 8 nitrogen and oxygen atoms in total. The van der Waals surface area contributed by atoms with Gasteiger partial charge >= 0.3 is 11.9 Å². The summed E-state index contributed by atoms with van der Waals surface area (Å²) in [6, 6.07) is 11.9. The number of aromatic nitrogens is 3. The number of phenolic OH excluding ortho intramolecular Hbond substituents is 1. The van der Waals surface area contributed by atoms with Gasteiger partial charge in [0.05, 0.1) is 11.9 Å². The summed E-state index contributed by atoms with van der Waals surface area (Å²) in [5.74, 6) is -0.485. The fraction of sp³-hybridized carbons (Fsp3) is 0.310. The van der Waals surface area contributed by atoms with Gasteiger partial charge in [0.25, 0.3) is 0 Å². The largest absolute Gasteiger partial charge is 0.573 e. The van der Waals surface area contributed by atoms with Gasteiger partial charge in [-0.2, -0.15) is 5.10 Å². The predicted molar refractivity (Wildman–Crippen MR) is 149 cm³/mol. The van der Waals surface area contributed by atoms with E-state index in [1.54, 1.807) is 12.1 Å². The molecule has 0 unspecified atom stereocenters. The lowest BCUT2D eigenvalue weighted by atomic mass is 9.79. The summed E-state index contributed by atoms with van der Waals surface area (Å²) in [5, 5.41) is 15.2. The van der Waals surface area contributed by atoms with Gasteiger partial charge in [0, 0.05) is 17.3 Å². The summed E-state index contributed by atoms with van der Waals surface area (Å²) in [6.45, 7) is 12.2. The maximum atomic E-state index is 13.4. The molecule has 4 rings (SSSR count). The number of rotatable bonds is 5. The van der Waals surface area contributed by atoms with Gasteiger partial charge in [-0.15, -0.1) is 13.2 Å². The van der Waals surface area contributed by atoms with E-state index in [4.69, 9.17) is 0 Å². The number of halogens is 3. The molecular formula is C29H30F3N5O3. The molecule has 0 saturated carbocycles. The summed E-state index contributed by atoms with van der Waals surface area (Å²) in [7, 11) is 0. The van der Waals surface area contributed by atoms with E-state index in [0.717, 1.165) is 23.3 Å². The molecule has 0 fully saturated rings. The Labute approximate surface area is 229 Å². The number of benzene rings is 2. The lowest BCUT2D eigenvalue weighted by Crippen LogP contribution is -2.24. The van der Waals surface area contributed by atoms with Crippen LogP contribution in [-0.2, 0) is 10.8 Å². The molecule has 0 aliphatic rings. The van der Waals surface area contributed by atoms with Crippen molar-refractivity contribution in [3.8, 4) is 17.2 Å². The molecule has 0 aliphatic heterocycles. The fourth-order valence-corrected chi connectivity index (χ4v) is 4.05. The molecule has 0 radical (unpaired) electrons. The minimum absolute atomic E-state index is 0.0836. The third-order valence-corrected chi connectivity index (χ3v) is 6.13. The average Bonchev–Trinajstić information content (AvgIpc) is 2.84. The molecule has 2 heterocycles. The summed E-state index contributed by atoms with van der Waals surface area (Å²) in [6.07, 6.45) is -1.95. The Bertz CT molecular complexity index is 1630. The molecule has 2 aromatic carbocycles. The van der Waals surface area contributed by atoms with Crippen LogP contribution in [0.1, 0.15) is 58.2 Å². The minimum Gasteiger partial charge on any atom is -0.507 e. The van der Waals surface area contributed by atoms with Crippen molar-refractivity contribution in [3.05, 3.63) is 81.8 Å². The van der Waals surface area contributed by atoms with Crippen LogP contribution in [0.15, 0.2) is 64.6 Å². The highest BCUT2D eigenvalue weighted by atomic mass is 19.4. The number of nitrogens with one attached hydrogen (secondary N) is 1. The van der Waals surface area contributed by atoms with Crippen LogP contribution < -0.4 is 15.7 Å². The smallest absolute Gasteiger partial charge is 0.507 e. The Balaban J connectivity index is 1.75. The molecule has 0 atom stereocenters. The number of aromatic hydroxyl groups is 1. The standard InChI is InChI=1S/C29H30F3N5O3/c1-27(2,3)18-14-17(23(38)21(15-18)28(4,5)6)16-34-36-24-26(39)37(25-22(35-24)8-7-13-33-25)19-9-11-20(12-10-19)40-29(30,31)32/h7-16,38H,1-6H3,(H,35,36)/b34-16+.